The highest BCUT2D eigenvalue weighted by molar-refractivity contribution is 7.92. The Bertz CT molecular complexity index is 1310. The summed E-state index contributed by atoms with van der Waals surface area (Å²) in [5.41, 5.74) is 2.02. The van der Waals surface area contributed by atoms with Crippen LogP contribution in [0.5, 0.6) is 0 Å². The molecule has 3 aromatic rings. The van der Waals surface area contributed by atoms with Crippen molar-refractivity contribution in [3.8, 4) is 0 Å². The maximum Gasteiger partial charge on any atom is 0.338 e. The highest BCUT2D eigenvalue weighted by Crippen LogP contribution is 2.36. The monoisotopic (exact) mass is 452 g/mol. The second-order valence-corrected chi connectivity index (χ2v) is 9.33. The third kappa shape index (κ3) is 4.06. The highest BCUT2D eigenvalue weighted by atomic mass is 32.2. The van der Waals surface area contributed by atoms with Crippen molar-refractivity contribution in [2.75, 3.05) is 4.31 Å². The van der Waals surface area contributed by atoms with Gasteiger partial charge in [0.05, 0.1) is 21.1 Å². The van der Waals surface area contributed by atoms with Crippen LogP contribution in [-0.4, -0.2) is 25.4 Å². The number of ether oxygens (including phenoxy) is 1. The van der Waals surface area contributed by atoms with E-state index in [1.54, 1.807) is 18.2 Å². The Morgan fingerprint density at radius 2 is 1.84 bits per heavy atom. The number of nitro benzene ring substituents is 1. The van der Waals surface area contributed by atoms with Crippen LogP contribution in [0.2, 0.25) is 0 Å². The topological polar surface area (TPSA) is 107 Å². The van der Waals surface area contributed by atoms with E-state index < -0.39 is 20.9 Å². The lowest BCUT2D eigenvalue weighted by molar-refractivity contribution is -0.384. The first kappa shape index (κ1) is 21.5. The van der Waals surface area contributed by atoms with Crippen molar-refractivity contribution in [3.05, 3.63) is 99.6 Å². The third-order valence-corrected chi connectivity index (χ3v) is 7.19. The Labute approximate surface area is 185 Å². The maximum atomic E-state index is 13.4. The minimum atomic E-state index is -3.89. The molecule has 0 saturated heterocycles. The minimum Gasteiger partial charge on any atom is -0.457 e. The first-order chi connectivity index (χ1) is 15.3. The zero-order valence-electron chi connectivity index (χ0n) is 17.2. The summed E-state index contributed by atoms with van der Waals surface area (Å²) in [6, 6.07) is 18.6. The molecule has 32 heavy (non-hydrogen) atoms. The van der Waals surface area contributed by atoms with Gasteiger partial charge in [0.2, 0.25) is 0 Å². The summed E-state index contributed by atoms with van der Waals surface area (Å²) in [4.78, 5) is 22.9. The Balaban J connectivity index is 1.55. The summed E-state index contributed by atoms with van der Waals surface area (Å²) < 4.78 is 33.4. The van der Waals surface area contributed by atoms with Crippen LogP contribution < -0.4 is 4.31 Å². The van der Waals surface area contributed by atoms with Crippen molar-refractivity contribution >= 4 is 27.4 Å². The summed E-state index contributed by atoms with van der Waals surface area (Å²) in [6.07, 6.45) is 0.611. The molecule has 9 heteroatoms. The van der Waals surface area contributed by atoms with Crippen molar-refractivity contribution in [2.45, 2.75) is 30.9 Å². The van der Waals surface area contributed by atoms with Gasteiger partial charge in [-0.25, -0.2) is 13.2 Å². The fourth-order valence-electron chi connectivity index (χ4n) is 3.79. The predicted molar refractivity (Wildman–Crippen MR) is 118 cm³/mol. The molecular weight excluding hydrogens is 432 g/mol. The van der Waals surface area contributed by atoms with Gasteiger partial charge in [0.15, 0.2) is 0 Å². The van der Waals surface area contributed by atoms with E-state index in [0.717, 1.165) is 5.56 Å². The fourth-order valence-corrected chi connectivity index (χ4v) is 5.53. The van der Waals surface area contributed by atoms with Crippen molar-refractivity contribution < 1.29 is 22.9 Å². The number of non-ortho nitro benzene ring substituents is 1. The SMILES string of the molecule is C[C@H]1Cc2ccccc2N1S(=O)(=O)c1cccc(C(=O)OCc2cccc([N+](=O)[O-])c2)c1. The van der Waals surface area contributed by atoms with Crippen LogP contribution in [0.4, 0.5) is 11.4 Å². The number of sulfonamides is 1. The van der Waals surface area contributed by atoms with Gasteiger partial charge >= 0.3 is 5.97 Å². The van der Waals surface area contributed by atoms with Crippen molar-refractivity contribution in [1.29, 1.82) is 0 Å². The second-order valence-electron chi connectivity index (χ2n) is 7.51. The smallest absolute Gasteiger partial charge is 0.338 e. The Morgan fingerprint density at radius 1 is 1.09 bits per heavy atom. The zero-order valence-corrected chi connectivity index (χ0v) is 18.0. The van der Waals surface area contributed by atoms with Gasteiger partial charge in [0.25, 0.3) is 15.7 Å². The molecule has 164 valence electrons. The van der Waals surface area contributed by atoms with E-state index in [2.05, 4.69) is 0 Å². The van der Waals surface area contributed by atoms with Gasteiger partial charge in [-0.2, -0.15) is 0 Å². The number of carbonyl (C=O) groups excluding carboxylic acids is 1. The number of carbonyl (C=O) groups is 1. The van der Waals surface area contributed by atoms with Crippen molar-refractivity contribution in [1.82, 2.24) is 0 Å². The van der Waals surface area contributed by atoms with E-state index in [-0.39, 0.29) is 28.8 Å². The zero-order chi connectivity index (χ0) is 22.9. The van der Waals surface area contributed by atoms with E-state index in [0.29, 0.717) is 17.7 Å². The average Bonchev–Trinajstić information content (AvgIpc) is 3.14. The molecule has 1 heterocycles. The Morgan fingerprint density at radius 3 is 2.62 bits per heavy atom. The Kier molecular flexibility index (Phi) is 5.67. The number of esters is 1. The van der Waals surface area contributed by atoms with Crippen LogP contribution in [0.1, 0.15) is 28.4 Å². The van der Waals surface area contributed by atoms with Gasteiger partial charge in [-0.3, -0.25) is 14.4 Å². The highest BCUT2D eigenvalue weighted by Gasteiger charge is 2.36. The van der Waals surface area contributed by atoms with E-state index >= 15 is 0 Å². The van der Waals surface area contributed by atoms with Gasteiger partial charge < -0.3 is 4.74 Å². The number of fused-ring (bicyclic) bond motifs is 1. The van der Waals surface area contributed by atoms with Crippen LogP contribution in [0.25, 0.3) is 0 Å². The molecule has 0 aliphatic carbocycles. The average molecular weight is 452 g/mol. The quantitative estimate of drug-likeness (QED) is 0.317. The second kappa shape index (κ2) is 8.43. The molecule has 1 aliphatic rings. The van der Waals surface area contributed by atoms with E-state index in [4.69, 9.17) is 4.74 Å². The molecule has 0 bridgehead atoms. The molecule has 0 N–H and O–H groups in total. The molecule has 0 spiro atoms. The molecular formula is C23H20N2O6S. The van der Waals surface area contributed by atoms with Crippen LogP contribution in [0, 0.1) is 10.1 Å². The van der Waals surface area contributed by atoms with Gasteiger partial charge in [0.1, 0.15) is 6.61 Å². The van der Waals surface area contributed by atoms with Crippen LogP contribution in [-0.2, 0) is 27.8 Å². The lowest BCUT2D eigenvalue weighted by Crippen LogP contribution is -2.35. The number of rotatable bonds is 6. The molecule has 0 unspecified atom stereocenters. The summed E-state index contributed by atoms with van der Waals surface area (Å²) in [5.74, 6) is -0.719. The molecule has 0 aromatic heterocycles. The molecule has 0 amide bonds. The van der Waals surface area contributed by atoms with Gasteiger partial charge in [-0.1, -0.05) is 36.4 Å². The number of para-hydroxylation sites is 1. The predicted octanol–water partition coefficient (Wildman–Crippen LogP) is 4.09. The fraction of sp³-hybridized carbons (Fsp3) is 0.174. The molecule has 0 fully saturated rings. The Hall–Kier alpha value is -3.72. The largest absolute Gasteiger partial charge is 0.457 e. The summed E-state index contributed by atoms with van der Waals surface area (Å²) in [7, 11) is -3.89. The molecule has 4 rings (SSSR count). The molecule has 1 atom stereocenters. The normalized spacial score (nSPS) is 15.3. The molecule has 1 aliphatic heterocycles. The first-order valence-corrected chi connectivity index (χ1v) is 11.3. The van der Waals surface area contributed by atoms with Gasteiger partial charge in [0, 0.05) is 18.2 Å². The van der Waals surface area contributed by atoms with Gasteiger partial charge in [-0.05, 0) is 48.7 Å². The van der Waals surface area contributed by atoms with Crippen molar-refractivity contribution in [2.24, 2.45) is 0 Å². The molecule has 0 saturated carbocycles. The number of hydrogen-bond donors (Lipinski definition) is 0. The van der Waals surface area contributed by atoms with Crippen molar-refractivity contribution in [3.63, 3.8) is 0 Å². The van der Waals surface area contributed by atoms with Crippen LogP contribution >= 0.6 is 0 Å². The van der Waals surface area contributed by atoms with E-state index in [1.807, 2.05) is 19.1 Å². The lowest BCUT2D eigenvalue weighted by atomic mass is 10.1. The van der Waals surface area contributed by atoms with E-state index in [1.165, 1.54) is 46.8 Å². The molecule has 0 radical (unpaired) electrons. The lowest BCUT2D eigenvalue weighted by Gasteiger charge is -2.24. The number of nitrogens with zero attached hydrogens (tertiary/aromatic N) is 2. The molecule has 8 nitrogen and oxygen atoms in total. The third-order valence-electron chi connectivity index (χ3n) is 5.26. The molecule has 3 aromatic carbocycles. The maximum absolute atomic E-state index is 13.4. The van der Waals surface area contributed by atoms with Crippen LogP contribution in [0.15, 0.2) is 77.7 Å². The number of nitro groups is 1. The summed E-state index contributed by atoms with van der Waals surface area (Å²) >= 11 is 0. The summed E-state index contributed by atoms with van der Waals surface area (Å²) in [6.45, 7) is 1.67. The number of hydrogen-bond acceptors (Lipinski definition) is 6. The minimum absolute atomic E-state index is 0.00847. The van der Waals surface area contributed by atoms with Crippen LogP contribution in [0.3, 0.4) is 0 Å². The number of anilines is 1. The first-order valence-electron chi connectivity index (χ1n) is 9.90. The van der Waals surface area contributed by atoms with E-state index in [9.17, 15) is 23.3 Å². The van der Waals surface area contributed by atoms with Gasteiger partial charge in [-0.15, -0.1) is 0 Å². The standard InChI is InChI=1S/C23H20N2O6S/c1-16-12-18-7-2-3-11-22(18)24(16)32(29,30)21-10-5-8-19(14-21)23(26)31-15-17-6-4-9-20(13-17)25(27)28/h2-11,13-14,16H,12,15H2,1H3/t16-/m0/s1. The summed E-state index contributed by atoms with van der Waals surface area (Å²) in [5, 5.41) is 10.9. The number of benzene rings is 3.